The summed E-state index contributed by atoms with van der Waals surface area (Å²) in [4.78, 5) is 63.6. The highest BCUT2D eigenvalue weighted by Gasteiger charge is 2.54. The molecule has 1 aliphatic heterocycles. The molecule has 1 saturated heterocycles. The molecule has 5 aromatic rings. The molecule has 1 aromatic heterocycles. The van der Waals surface area contributed by atoms with Gasteiger partial charge in [0.15, 0.2) is 29.5 Å². The van der Waals surface area contributed by atoms with E-state index in [1.807, 2.05) is 60.7 Å². The van der Waals surface area contributed by atoms with Gasteiger partial charge in [0, 0.05) is 45.4 Å². The highest BCUT2D eigenvalue weighted by molar-refractivity contribution is 5.88. The molecule has 1 fully saturated rings. The summed E-state index contributed by atoms with van der Waals surface area (Å²) in [6.07, 6.45) is -8.12. The Hall–Kier alpha value is -7.07. The van der Waals surface area contributed by atoms with Crippen LogP contribution in [0, 0.1) is 0 Å². The zero-order valence-electron chi connectivity index (χ0n) is 32.3. The molecule has 0 radical (unpaired) electrons. The number of hydrogen-bond acceptors (Lipinski definition) is 16. The van der Waals surface area contributed by atoms with Crippen LogP contribution < -0.4 is 19.6 Å². The minimum atomic E-state index is -1.85. The van der Waals surface area contributed by atoms with E-state index in [1.54, 1.807) is 0 Å². The van der Waals surface area contributed by atoms with Gasteiger partial charge >= 0.3 is 23.9 Å². The maximum atomic E-state index is 14.6. The predicted molar refractivity (Wildman–Crippen MR) is 205 cm³/mol. The molecule has 16 heteroatoms. The van der Waals surface area contributed by atoms with Crippen LogP contribution in [0.4, 0.5) is 0 Å². The number of fused-ring (bicyclic) bond motifs is 1. The Morgan fingerprint density at radius 2 is 1.25 bits per heavy atom. The molecule has 6 rings (SSSR count). The number of phenols is 2. The van der Waals surface area contributed by atoms with Gasteiger partial charge in [-0.05, 0) is 29.3 Å². The third kappa shape index (κ3) is 10.3. The van der Waals surface area contributed by atoms with Gasteiger partial charge in [-0.15, -0.1) is 0 Å². The zero-order valence-corrected chi connectivity index (χ0v) is 32.3. The molecule has 1 aliphatic rings. The summed E-state index contributed by atoms with van der Waals surface area (Å²) in [5.74, 6) is -4.97. The number of carbonyl (C=O) groups is 4. The molecule has 0 amide bonds. The largest absolute Gasteiger partial charge is 0.507 e. The Balaban J connectivity index is 1.47. The van der Waals surface area contributed by atoms with Crippen LogP contribution in [0.3, 0.4) is 0 Å². The number of benzene rings is 4. The number of rotatable bonds is 14. The van der Waals surface area contributed by atoms with Gasteiger partial charge in [0.05, 0.1) is 0 Å². The standard InChI is InChI=1S/C43H40O16/c1-23(44)51-22-35-39(54-24(2)45)41(55-25(3)46)42(56-26(4)47)43(58-35)59-40-37(50)36-32(49)18-30(52-20-27-11-7-5-8-12-27)19-34(36)57-38(40)29-15-16-33(31(48)17-29)53-21-28-13-9-6-10-14-28/h5-19,35,39,41-43,48-49H,20-22H2,1-4H3/t35-,39-,41+,42-,43+/m1/s1. The second-order valence-corrected chi connectivity index (χ2v) is 13.3. The number of phenolic OH excluding ortho intramolecular Hbond substituents is 2. The lowest BCUT2D eigenvalue weighted by molar-refractivity contribution is -0.288. The normalized spacial score (nSPS) is 18.6. The van der Waals surface area contributed by atoms with Gasteiger partial charge in [0.25, 0.3) is 0 Å². The molecule has 0 spiro atoms. The van der Waals surface area contributed by atoms with Crippen molar-refractivity contribution in [3.8, 4) is 40.1 Å². The summed E-state index contributed by atoms with van der Waals surface area (Å²) < 4.78 is 52.0. The van der Waals surface area contributed by atoms with Gasteiger partial charge in [0.1, 0.15) is 48.4 Å². The lowest BCUT2D eigenvalue weighted by atomic mass is 9.98. The maximum Gasteiger partial charge on any atom is 0.303 e. The second-order valence-electron chi connectivity index (χ2n) is 13.3. The van der Waals surface area contributed by atoms with Crippen LogP contribution in [0.15, 0.2) is 100 Å². The van der Waals surface area contributed by atoms with Crippen LogP contribution in [0.5, 0.6) is 28.7 Å². The first-order valence-electron chi connectivity index (χ1n) is 18.2. The van der Waals surface area contributed by atoms with E-state index < -0.39 is 78.1 Å². The Morgan fingerprint density at radius 3 is 1.85 bits per heavy atom. The molecule has 0 saturated carbocycles. The summed E-state index contributed by atoms with van der Waals surface area (Å²) in [5.41, 5.74) is 0.634. The summed E-state index contributed by atoms with van der Waals surface area (Å²) in [5, 5.41) is 22.0. The third-order valence-corrected chi connectivity index (χ3v) is 8.80. The van der Waals surface area contributed by atoms with E-state index in [-0.39, 0.29) is 52.8 Å². The SMILES string of the molecule is CC(=O)OC[C@H]1O[C@@H](Oc2c(-c3ccc(OCc4ccccc4)c(O)c3)oc3cc(OCc4ccccc4)cc(O)c3c2=O)[C@H](OC(C)=O)[C@@H](OC(C)=O)[C@@H]1OC(C)=O. The average Bonchev–Trinajstić information content (AvgIpc) is 3.19. The first kappa shape index (κ1) is 41.6. The lowest BCUT2D eigenvalue weighted by Crippen LogP contribution is -2.63. The summed E-state index contributed by atoms with van der Waals surface area (Å²) in [7, 11) is 0. The Morgan fingerprint density at radius 1 is 0.661 bits per heavy atom. The molecule has 308 valence electrons. The molecule has 2 heterocycles. The Labute approximate surface area is 336 Å². The number of ether oxygens (including phenoxy) is 8. The fourth-order valence-corrected chi connectivity index (χ4v) is 6.29. The maximum absolute atomic E-state index is 14.6. The van der Waals surface area contributed by atoms with E-state index in [9.17, 15) is 34.2 Å². The molecule has 59 heavy (non-hydrogen) atoms. The van der Waals surface area contributed by atoms with Crippen LogP contribution >= 0.6 is 0 Å². The number of aromatic hydroxyl groups is 2. The van der Waals surface area contributed by atoms with Crippen LogP contribution in [-0.4, -0.2) is 71.4 Å². The first-order chi connectivity index (χ1) is 28.3. The van der Waals surface area contributed by atoms with Crippen molar-refractivity contribution in [3.05, 3.63) is 112 Å². The van der Waals surface area contributed by atoms with Crippen LogP contribution in [0.1, 0.15) is 38.8 Å². The predicted octanol–water partition coefficient (Wildman–Crippen LogP) is 5.49. The van der Waals surface area contributed by atoms with Gasteiger partial charge < -0.3 is 52.5 Å². The van der Waals surface area contributed by atoms with Crippen molar-refractivity contribution in [3.63, 3.8) is 0 Å². The van der Waals surface area contributed by atoms with Crippen molar-refractivity contribution in [1.29, 1.82) is 0 Å². The van der Waals surface area contributed by atoms with Gasteiger partial charge in [-0.1, -0.05) is 60.7 Å². The minimum Gasteiger partial charge on any atom is -0.507 e. The van der Waals surface area contributed by atoms with E-state index in [2.05, 4.69) is 0 Å². The molecule has 4 aromatic carbocycles. The van der Waals surface area contributed by atoms with Crippen LogP contribution in [-0.2, 0) is 56.1 Å². The number of esters is 4. The van der Waals surface area contributed by atoms with Crippen molar-refractivity contribution >= 4 is 34.8 Å². The minimum absolute atomic E-state index is 0.0734. The van der Waals surface area contributed by atoms with Crippen molar-refractivity contribution in [2.75, 3.05) is 6.61 Å². The van der Waals surface area contributed by atoms with E-state index >= 15 is 0 Å². The fourth-order valence-electron chi connectivity index (χ4n) is 6.29. The molecule has 16 nitrogen and oxygen atoms in total. The highest BCUT2D eigenvalue weighted by Crippen LogP contribution is 2.41. The van der Waals surface area contributed by atoms with E-state index in [1.165, 1.54) is 30.3 Å². The van der Waals surface area contributed by atoms with E-state index in [4.69, 9.17) is 42.3 Å². The van der Waals surface area contributed by atoms with Crippen LogP contribution in [0.2, 0.25) is 0 Å². The molecule has 5 atom stereocenters. The number of hydrogen-bond donors (Lipinski definition) is 2. The molecule has 0 bridgehead atoms. The molecular weight excluding hydrogens is 772 g/mol. The fraction of sp³-hybridized carbons (Fsp3) is 0.279. The van der Waals surface area contributed by atoms with Gasteiger partial charge in [0.2, 0.25) is 23.6 Å². The van der Waals surface area contributed by atoms with Gasteiger partial charge in [-0.25, -0.2) is 0 Å². The van der Waals surface area contributed by atoms with Crippen molar-refractivity contribution < 1.29 is 71.7 Å². The molecule has 2 N–H and O–H groups in total. The molecule has 0 aliphatic carbocycles. The molecule has 0 unspecified atom stereocenters. The molecular formula is C43H40O16. The number of carbonyl (C=O) groups excluding carboxylic acids is 4. The quantitative estimate of drug-likeness (QED) is 0.105. The average molecular weight is 813 g/mol. The Bertz CT molecular complexity index is 2380. The topological polar surface area (TPSA) is 213 Å². The van der Waals surface area contributed by atoms with Crippen molar-refractivity contribution in [1.82, 2.24) is 0 Å². The van der Waals surface area contributed by atoms with Crippen molar-refractivity contribution in [2.24, 2.45) is 0 Å². The van der Waals surface area contributed by atoms with Crippen LogP contribution in [0.25, 0.3) is 22.3 Å². The summed E-state index contributed by atoms with van der Waals surface area (Å²) in [6, 6.07) is 25.2. The zero-order chi connectivity index (χ0) is 42.2. The second kappa shape index (κ2) is 18.5. The van der Waals surface area contributed by atoms with Crippen molar-refractivity contribution in [2.45, 2.75) is 71.6 Å². The first-order valence-corrected chi connectivity index (χ1v) is 18.2. The summed E-state index contributed by atoms with van der Waals surface area (Å²) >= 11 is 0. The van der Waals surface area contributed by atoms with E-state index in [0.29, 0.717) is 0 Å². The monoisotopic (exact) mass is 812 g/mol. The van der Waals surface area contributed by atoms with E-state index in [0.717, 1.165) is 38.8 Å². The third-order valence-electron chi connectivity index (χ3n) is 8.80. The highest BCUT2D eigenvalue weighted by atomic mass is 16.7. The smallest absolute Gasteiger partial charge is 0.303 e. The Kier molecular flexibility index (Phi) is 13.0. The van der Waals surface area contributed by atoms with Gasteiger partial charge in [-0.2, -0.15) is 0 Å². The summed E-state index contributed by atoms with van der Waals surface area (Å²) in [6.45, 7) is 3.96. The van der Waals surface area contributed by atoms with Gasteiger partial charge in [-0.3, -0.25) is 24.0 Å². The lowest BCUT2D eigenvalue weighted by Gasteiger charge is -2.43.